The molecule has 0 aromatic heterocycles. The Hall–Kier alpha value is -2.75. The van der Waals surface area contributed by atoms with Crippen molar-refractivity contribution in [3.8, 4) is 0 Å². The minimum atomic E-state index is -3.67. The number of carbonyl (C=O) groups is 1. The zero-order valence-electron chi connectivity index (χ0n) is 16.1. The number of methoxy groups -OCH3 is 1. The highest BCUT2D eigenvalue weighted by molar-refractivity contribution is 7.90. The molecule has 1 aliphatic rings. The van der Waals surface area contributed by atoms with Gasteiger partial charge >= 0.3 is 0 Å². The van der Waals surface area contributed by atoms with Crippen molar-refractivity contribution in [3.63, 3.8) is 0 Å². The first-order valence-electron chi connectivity index (χ1n) is 9.17. The number of hydrogen-bond donors (Lipinski definition) is 2. The number of carbonyl (C=O) groups excluding carboxylic acids is 1. The Labute approximate surface area is 170 Å². The summed E-state index contributed by atoms with van der Waals surface area (Å²) in [7, 11) is -2.06. The van der Waals surface area contributed by atoms with Crippen molar-refractivity contribution >= 4 is 27.5 Å². The first-order chi connectivity index (χ1) is 14.0. The van der Waals surface area contributed by atoms with Gasteiger partial charge in [0.2, 0.25) is 0 Å². The van der Waals surface area contributed by atoms with Crippen LogP contribution in [0.1, 0.15) is 22.3 Å². The van der Waals surface area contributed by atoms with Crippen LogP contribution in [0.15, 0.2) is 57.8 Å². The Bertz CT molecular complexity index is 987. The molecule has 0 atom stereocenters. The lowest BCUT2D eigenvalue weighted by Crippen LogP contribution is -2.25. The third kappa shape index (κ3) is 5.41. The van der Waals surface area contributed by atoms with Crippen molar-refractivity contribution in [1.29, 1.82) is 0 Å². The number of amidine groups is 1. The molecule has 1 aliphatic heterocycles. The third-order valence-corrected chi connectivity index (χ3v) is 5.56. The maximum absolute atomic E-state index is 12.2. The van der Waals surface area contributed by atoms with Gasteiger partial charge in [-0.3, -0.25) is 4.79 Å². The predicted molar refractivity (Wildman–Crippen MR) is 110 cm³/mol. The number of nitrogens with zero attached hydrogens (tertiary/aromatic N) is 1. The van der Waals surface area contributed by atoms with Crippen LogP contribution in [-0.2, 0) is 19.5 Å². The lowest BCUT2D eigenvalue weighted by atomic mass is 10.1. The van der Waals surface area contributed by atoms with Gasteiger partial charge in [0.05, 0.1) is 13.2 Å². The molecule has 8 nitrogen and oxygen atoms in total. The van der Waals surface area contributed by atoms with Crippen LogP contribution >= 0.6 is 0 Å². The van der Waals surface area contributed by atoms with Crippen LogP contribution in [0.5, 0.6) is 0 Å². The number of hydrogen-bond acceptors (Lipinski definition) is 6. The second-order valence-electron chi connectivity index (χ2n) is 6.33. The topological polar surface area (TPSA) is 106 Å². The summed E-state index contributed by atoms with van der Waals surface area (Å²) in [5.41, 5.74) is 1.68. The van der Waals surface area contributed by atoms with E-state index in [-0.39, 0.29) is 16.6 Å². The Morgan fingerprint density at radius 1 is 1.03 bits per heavy atom. The quantitative estimate of drug-likeness (QED) is 0.605. The summed E-state index contributed by atoms with van der Waals surface area (Å²) in [5.74, 6) is 0.0887. The average Bonchev–Trinajstić information content (AvgIpc) is 2.98. The van der Waals surface area contributed by atoms with Crippen molar-refractivity contribution in [2.45, 2.75) is 11.3 Å². The standard InChI is InChI=1S/C20H23N3O5S/c1-27-13-14-28-12-4-11-21-20(24)15-7-9-16(10-8-15)22-19-17-5-2-3-6-18(17)29(25,26)23-19/h2-3,5-10H,4,11-14H2,1H3,(H,21,24)(H,22,23). The SMILES string of the molecule is COCCOCCCNC(=O)c1ccc(NC2=NS(=O)(=O)c3ccccc32)cc1. The second kappa shape index (κ2) is 9.64. The fourth-order valence-electron chi connectivity index (χ4n) is 2.76. The van der Waals surface area contributed by atoms with Gasteiger partial charge in [-0.2, -0.15) is 8.42 Å². The lowest BCUT2D eigenvalue weighted by molar-refractivity contribution is 0.0688. The number of benzene rings is 2. The smallest absolute Gasteiger partial charge is 0.285 e. The minimum absolute atomic E-state index is 0.181. The molecule has 3 rings (SSSR count). The Morgan fingerprint density at radius 3 is 2.55 bits per heavy atom. The molecule has 0 unspecified atom stereocenters. The van der Waals surface area contributed by atoms with Crippen LogP contribution < -0.4 is 10.6 Å². The molecular formula is C20H23N3O5S. The van der Waals surface area contributed by atoms with Gasteiger partial charge in [0.25, 0.3) is 15.9 Å². The van der Waals surface area contributed by atoms with E-state index >= 15 is 0 Å². The van der Waals surface area contributed by atoms with Crippen molar-refractivity contribution in [2.24, 2.45) is 4.40 Å². The maximum Gasteiger partial charge on any atom is 0.285 e. The maximum atomic E-state index is 12.2. The number of sulfonamides is 1. The molecule has 0 saturated carbocycles. The molecular weight excluding hydrogens is 394 g/mol. The molecule has 0 radical (unpaired) electrons. The molecule has 154 valence electrons. The van der Waals surface area contributed by atoms with Gasteiger partial charge in [-0.1, -0.05) is 12.1 Å². The highest BCUT2D eigenvalue weighted by Gasteiger charge is 2.28. The van der Waals surface area contributed by atoms with Crippen molar-refractivity contribution in [1.82, 2.24) is 5.32 Å². The molecule has 2 aromatic rings. The number of amides is 1. The highest BCUT2D eigenvalue weighted by atomic mass is 32.2. The molecule has 1 heterocycles. The summed E-state index contributed by atoms with van der Waals surface area (Å²) in [4.78, 5) is 12.4. The van der Waals surface area contributed by atoms with E-state index in [1.54, 1.807) is 49.6 Å². The monoisotopic (exact) mass is 417 g/mol. The Balaban J connectivity index is 1.53. The van der Waals surface area contributed by atoms with Crippen LogP contribution in [0.4, 0.5) is 5.69 Å². The zero-order valence-corrected chi connectivity index (χ0v) is 16.9. The van der Waals surface area contributed by atoms with Crippen LogP contribution in [0.25, 0.3) is 0 Å². The average molecular weight is 417 g/mol. The lowest BCUT2D eigenvalue weighted by Gasteiger charge is -2.09. The van der Waals surface area contributed by atoms with E-state index in [0.29, 0.717) is 49.6 Å². The highest BCUT2D eigenvalue weighted by Crippen LogP contribution is 2.26. The van der Waals surface area contributed by atoms with E-state index in [0.717, 1.165) is 0 Å². The summed E-state index contributed by atoms with van der Waals surface area (Å²) >= 11 is 0. The van der Waals surface area contributed by atoms with E-state index in [2.05, 4.69) is 15.0 Å². The number of rotatable bonds is 9. The fourth-order valence-corrected chi connectivity index (χ4v) is 3.94. The molecule has 0 fully saturated rings. The number of anilines is 1. The van der Waals surface area contributed by atoms with E-state index < -0.39 is 10.0 Å². The van der Waals surface area contributed by atoms with Gasteiger partial charge in [0.15, 0.2) is 5.84 Å². The van der Waals surface area contributed by atoms with Crippen LogP contribution in [0.2, 0.25) is 0 Å². The summed E-state index contributed by atoms with van der Waals surface area (Å²) in [6.45, 7) is 2.16. The van der Waals surface area contributed by atoms with Crippen molar-refractivity contribution in [2.75, 3.05) is 38.8 Å². The van der Waals surface area contributed by atoms with Crippen LogP contribution in [0.3, 0.4) is 0 Å². The first-order valence-corrected chi connectivity index (χ1v) is 10.6. The van der Waals surface area contributed by atoms with E-state index in [4.69, 9.17) is 9.47 Å². The molecule has 0 aliphatic carbocycles. The van der Waals surface area contributed by atoms with Crippen molar-refractivity contribution in [3.05, 3.63) is 59.7 Å². The van der Waals surface area contributed by atoms with Crippen molar-refractivity contribution < 1.29 is 22.7 Å². The van der Waals surface area contributed by atoms with Crippen LogP contribution in [-0.4, -0.2) is 53.6 Å². The van der Waals surface area contributed by atoms with Gasteiger partial charge in [-0.15, -0.1) is 4.40 Å². The zero-order chi connectivity index (χ0) is 20.7. The molecule has 0 bridgehead atoms. The Kier molecular flexibility index (Phi) is 6.97. The summed E-state index contributed by atoms with van der Waals surface area (Å²) in [5, 5.41) is 5.84. The molecule has 2 aromatic carbocycles. The molecule has 0 spiro atoms. The molecule has 1 amide bonds. The van der Waals surface area contributed by atoms with E-state index in [1.165, 1.54) is 6.07 Å². The van der Waals surface area contributed by atoms with Crippen LogP contribution in [0, 0.1) is 0 Å². The van der Waals surface area contributed by atoms with Gasteiger partial charge in [0, 0.05) is 37.1 Å². The molecule has 0 saturated heterocycles. The second-order valence-corrected chi connectivity index (χ2v) is 7.90. The first kappa shape index (κ1) is 21.0. The summed E-state index contributed by atoms with van der Waals surface area (Å²) in [6.07, 6.45) is 0.711. The normalized spacial score (nSPS) is 14.2. The predicted octanol–water partition coefficient (Wildman–Crippen LogP) is 2.03. The summed E-state index contributed by atoms with van der Waals surface area (Å²) in [6, 6.07) is 13.4. The van der Waals surface area contributed by atoms with E-state index in [1.807, 2.05) is 0 Å². The fraction of sp³-hybridized carbons (Fsp3) is 0.300. The van der Waals surface area contributed by atoms with Gasteiger partial charge in [0.1, 0.15) is 4.90 Å². The number of ether oxygens (including phenoxy) is 2. The van der Waals surface area contributed by atoms with E-state index in [9.17, 15) is 13.2 Å². The molecule has 9 heteroatoms. The van der Waals surface area contributed by atoms with Gasteiger partial charge in [-0.25, -0.2) is 0 Å². The molecule has 29 heavy (non-hydrogen) atoms. The Morgan fingerprint density at radius 2 is 1.79 bits per heavy atom. The third-order valence-electron chi connectivity index (χ3n) is 4.22. The van der Waals surface area contributed by atoms with Gasteiger partial charge in [-0.05, 0) is 42.8 Å². The minimum Gasteiger partial charge on any atom is -0.382 e. The largest absolute Gasteiger partial charge is 0.382 e. The number of nitrogens with one attached hydrogen (secondary N) is 2. The summed E-state index contributed by atoms with van der Waals surface area (Å²) < 4.78 is 38.2. The van der Waals surface area contributed by atoms with Gasteiger partial charge < -0.3 is 20.1 Å². The molecule has 2 N–H and O–H groups in total. The number of fused-ring (bicyclic) bond motifs is 1.